The number of rotatable bonds is 0. The lowest BCUT2D eigenvalue weighted by atomic mass is 10.7. The van der Waals surface area contributed by atoms with E-state index in [9.17, 15) is 4.79 Å². The number of hydrogen-bond acceptors (Lipinski definition) is 3. The van der Waals surface area contributed by atoms with Gasteiger partial charge in [-0.25, -0.2) is 0 Å². The predicted molar refractivity (Wildman–Crippen MR) is 34.0 cm³/mol. The van der Waals surface area contributed by atoms with Crippen LogP contribution in [-0.2, 0) is 4.79 Å². The maximum atomic E-state index is 10.4. The van der Waals surface area contributed by atoms with E-state index < -0.39 is 0 Å². The molecule has 1 fully saturated rings. The molecule has 0 aliphatic carbocycles. The van der Waals surface area contributed by atoms with Crippen molar-refractivity contribution >= 4 is 22.8 Å². The molecule has 0 aromatic carbocycles. The highest BCUT2D eigenvalue weighted by Gasteiger charge is 2.14. The van der Waals surface area contributed by atoms with Crippen LogP contribution in [0, 0.1) is 0 Å². The van der Waals surface area contributed by atoms with Gasteiger partial charge in [0.1, 0.15) is 0 Å². The molecule has 0 atom stereocenters. The van der Waals surface area contributed by atoms with Crippen LogP contribution in [0.4, 0.5) is 0 Å². The summed E-state index contributed by atoms with van der Waals surface area (Å²) in [5.74, 6) is 0.572. The van der Waals surface area contributed by atoms with Crippen LogP contribution >= 0.6 is 11.8 Å². The number of nitrogens with zero attached hydrogens (tertiary/aromatic N) is 1. The summed E-state index contributed by atoms with van der Waals surface area (Å²) >= 11 is 1.44. The first-order valence-electron chi connectivity index (χ1n) is 2.22. The van der Waals surface area contributed by atoms with E-state index >= 15 is 0 Å². The smallest absolute Gasteiger partial charge is 0.236 e. The Morgan fingerprint density at radius 3 is 2.88 bits per heavy atom. The highest BCUT2D eigenvalue weighted by Crippen LogP contribution is 2.06. The van der Waals surface area contributed by atoms with Gasteiger partial charge >= 0.3 is 0 Å². The van der Waals surface area contributed by atoms with Crippen molar-refractivity contribution in [3.8, 4) is 0 Å². The fraction of sp³-hybridized carbons (Fsp3) is 0.500. The molecular formula is C4H6N2OS. The van der Waals surface area contributed by atoms with Crippen molar-refractivity contribution in [3.63, 3.8) is 0 Å². The molecule has 1 saturated heterocycles. The van der Waals surface area contributed by atoms with E-state index in [0.717, 1.165) is 5.17 Å². The van der Waals surface area contributed by atoms with Crippen LogP contribution in [0.15, 0.2) is 4.99 Å². The van der Waals surface area contributed by atoms with E-state index in [-0.39, 0.29) is 5.91 Å². The van der Waals surface area contributed by atoms with Crippen molar-refractivity contribution in [2.45, 2.75) is 0 Å². The molecule has 0 spiro atoms. The van der Waals surface area contributed by atoms with Crippen LogP contribution < -0.4 is 5.32 Å². The minimum absolute atomic E-state index is 0.0515. The Balaban J connectivity index is 2.56. The Hall–Kier alpha value is -0.510. The summed E-state index contributed by atoms with van der Waals surface area (Å²) < 4.78 is 0. The van der Waals surface area contributed by atoms with Crippen molar-refractivity contribution in [2.75, 3.05) is 12.8 Å². The topological polar surface area (TPSA) is 41.5 Å². The summed E-state index contributed by atoms with van der Waals surface area (Å²) in [5, 5.41) is 3.31. The molecule has 1 heterocycles. The molecule has 0 saturated carbocycles. The highest BCUT2D eigenvalue weighted by molar-refractivity contribution is 8.15. The molecule has 1 aliphatic rings. The van der Waals surface area contributed by atoms with Crippen LogP contribution in [0.25, 0.3) is 0 Å². The number of amidine groups is 1. The Labute approximate surface area is 51.6 Å². The average Bonchev–Trinajstić information content (AvgIpc) is 2.14. The minimum atomic E-state index is 0.0515. The zero-order valence-corrected chi connectivity index (χ0v) is 5.29. The third-order valence-corrected chi connectivity index (χ3v) is 1.75. The molecule has 8 heavy (non-hydrogen) atoms. The molecule has 0 bridgehead atoms. The summed E-state index contributed by atoms with van der Waals surface area (Å²) in [5.41, 5.74) is 0. The van der Waals surface area contributed by atoms with Gasteiger partial charge in [0.05, 0.1) is 5.75 Å². The molecule has 0 radical (unpaired) electrons. The van der Waals surface area contributed by atoms with Crippen LogP contribution in [0.2, 0.25) is 0 Å². The van der Waals surface area contributed by atoms with Crippen molar-refractivity contribution in [2.24, 2.45) is 4.99 Å². The van der Waals surface area contributed by atoms with E-state index in [0.29, 0.717) is 5.75 Å². The third-order valence-electron chi connectivity index (χ3n) is 0.789. The number of thioether (sulfide) groups is 1. The van der Waals surface area contributed by atoms with E-state index in [1.165, 1.54) is 11.8 Å². The van der Waals surface area contributed by atoms with Gasteiger partial charge in [-0.1, -0.05) is 11.8 Å². The fourth-order valence-electron chi connectivity index (χ4n) is 0.446. The number of amides is 1. The van der Waals surface area contributed by atoms with Gasteiger partial charge in [0.2, 0.25) is 5.91 Å². The molecule has 1 aliphatic heterocycles. The van der Waals surface area contributed by atoms with E-state index in [4.69, 9.17) is 0 Å². The molecule has 44 valence electrons. The van der Waals surface area contributed by atoms with Gasteiger partial charge in [0.25, 0.3) is 0 Å². The van der Waals surface area contributed by atoms with Crippen molar-refractivity contribution in [1.29, 1.82) is 0 Å². The van der Waals surface area contributed by atoms with Crippen molar-refractivity contribution in [3.05, 3.63) is 0 Å². The predicted octanol–water partition coefficient (Wildman–Crippen LogP) is -0.165. The first-order valence-corrected chi connectivity index (χ1v) is 3.21. The second-order valence-corrected chi connectivity index (χ2v) is 2.33. The molecule has 0 aromatic heterocycles. The third kappa shape index (κ3) is 1.01. The number of nitrogens with one attached hydrogen (secondary N) is 1. The van der Waals surface area contributed by atoms with Crippen LogP contribution in [0.3, 0.4) is 0 Å². The minimum Gasteiger partial charge on any atom is -0.305 e. The highest BCUT2D eigenvalue weighted by atomic mass is 32.2. The Bertz CT molecular complexity index is 143. The summed E-state index contributed by atoms with van der Waals surface area (Å²) in [6, 6.07) is 0. The van der Waals surface area contributed by atoms with Gasteiger partial charge in [-0.3, -0.25) is 9.79 Å². The maximum absolute atomic E-state index is 10.4. The molecule has 1 amide bonds. The monoisotopic (exact) mass is 130 g/mol. The first kappa shape index (κ1) is 5.62. The van der Waals surface area contributed by atoms with Gasteiger partial charge in [0, 0.05) is 7.05 Å². The molecule has 3 nitrogen and oxygen atoms in total. The summed E-state index contributed by atoms with van der Waals surface area (Å²) in [4.78, 5) is 14.2. The zero-order valence-electron chi connectivity index (χ0n) is 4.47. The lowest BCUT2D eigenvalue weighted by molar-refractivity contribution is -0.116. The van der Waals surface area contributed by atoms with E-state index in [1.807, 2.05) is 0 Å². The van der Waals surface area contributed by atoms with E-state index in [1.54, 1.807) is 7.05 Å². The number of hydrogen-bond donors (Lipinski definition) is 1. The van der Waals surface area contributed by atoms with E-state index in [2.05, 4.69) is 10.3 Å². The summed E-state index contributed by atoms with van der Waals surface area (Å²) in [7, 11) is 1.66. The molecule has 1 rings (SSSR count). The molecule has 4 heteroatoms. The van der Waals surface area contributed by atoms with Gasteiger partial charge < -0.3 is 5.32 Å². The number of aliphatic imine (C=N–C) groups is 1. The number of carbonyl (C=O) groups excluding carboxylic acids is 1. The van der Waals surface area contributed by atoms with Gasteiger partial charge in [-0.2, -0.15) is 0 Å². The van der Waals surface area contributed by atoms with Crippen LogP contribution in [0.1, 0.15) is 0 Å². The lowest BCUT2D eigenvalue weighted by Gasteiger charge is -1.86. The first-order chi connectivity index (χ1) is 3.83. The second-order valence-electron chi connectivity index (χ2n) is 1.37. The normalized spacial score (nSPS) is 24.1. The van der Waals surface area contributed by atoms with Crippen molar-refractivity contribution < 1.29 is 4.79 Å². The molecular weight excluding hydrogens is 124 g/mol. The largest absolute Gasteiger partial charge is 0.305 e. The summed E-state index contributed by atoms with van der Waals surface area (Å²) in [6.07, 6.45) is 0. The molecule has 0 unspecified atom stereocenters. The summed E-state index contributed by atoms with van der Waals surface area (Å²) in [6.45, 7) is 0. The number of carbonyl (C=O) groups is 1. The van der Waals surface area contributed by atoms with Gasteiger partial charge in [-0.05, 0) is 0 Å². The van der Waals surface area contributed by atoms with Crippen LogP contribution in [0.5, 0.6) is 0 Å². The average molecular weight is 130 g/mol. The Morgan fingerprint density at radius 1 is 1.88 bits per heavy atom. The second kappa shape index (κ2) is 2.17. The SMILES string of the molecule is CN=C1NC(=O)CS1. The Kier molecular flexibility index (Phi) is 1.53. The molecule has 1 N–H and O–H groups in total. The Morgan fingerprint density at radius 2 is 2.62 bits per heavy atom. The maximum Gasteiger partial charge on any atom is 0.236 e. The van der Waals surface area contributed by atoms with Crippen LogP contribution in [-0.4, -0.2) is 23.9 Å². The van der Waals surface area contributed by atoms with Gasteiger partial charge in [0.15, 0.2) is 5.17 Å². The fourth-order valence-corrected chi connectivity index (χ4v) is 1.10. The lowest BCUT2D eigenvalue weighted by Crippen LogP contribution is -2.19. The standard InChI is InChI=1S/C4H6N2OS/c1-5-4-6-3(7)2-8-4/h2H2,1H3,(H,5,6,7). The zero-order chi connectivity index (χ0) is 5.98. The van der Waals surface area contributed by atoms with Gasteiger partial charge in [-0.15, -0.1) is 0 Å². The quantitative estimate of drug-likeness (QED) is 0.495. The molecule has 0 aromatic rings. The van der Waals surface area contributed by atoms with Crippen molar-refractivity contribution in [1.82, 2.24) is 5.32 Å².